The summed E-state index contributed by atoms with van der Waals surface area (Å²) in [5.41, 5.74) is 0.908. The Kier molecular flexibility index (Phi) is 4.93. The van der Waals surface area contributed by atoms with Crippen LogP contribution < -0.4 is 5.32 Å². The molecule has 1 N–H and O–H groups in total. The molecule has 2 fully saturated rings. The lowest BCUT2D eigenvalue weighted by Crippen LogP contribution is -2.47. The van der Waals surface area contributed by atoms with Gasteiger partial charge in [0.05, 0.1) is 12.2 Å². The molecule has 5 heteroatoms. The number of piperidine rings is 1. The Morgan fingerprint density at radius 1 is 1.27 bits per heavy atom. The average Bonchev–Trinajstić information content (AvgIpc) is 3.04. The van der Waals surface area contributed by atoms with E-state index in [0.717, 1.165) is 38.2 Å². The molecular weight excluding hydrogens is 276 g/mol. The minimum Gasteiger partial charge on any atom is -0.332 e. The minimum absolute atomic E-state index is 0.0760. The molecular formula is C17H26N4O. The van der Waals surface area contributed by atoms with E-state index in [1.54, 1.807) is 6.20 Å². The van der Waals surface area contributed by atoms with Crippen LogP contribution in [0.2, 0.25) is 0 Å². The van der Waals surface area contributed by atoms with Gasteiger partial charge in [0.15, 0.2) is 0 Å². The molecule has 0 aliphatic carbocycles. The van der Waals surface area contributed by atoms with Crippen molar-refractivity contribution in [3.63, 3.8) is 0 Å². The first kappa shape index (κ1) is 15.3. The van der Waals surface area contributed by atoms with E-state index in [-0.39, 0.29) is 6.03 Å². The predicted octanol–water partition coefficient (Wildman–Crippen LogP) is 2.10. The third-order valence-electron chi connectivity index (χ3n) is 5.01. The Morgan fingerprint density at radius 2 is 2.09 bits per heavy atom. The van der Waals surface area contributed by atoms with Crippen molar-refractivity contribution in [1.82, 2.24) is 20.1 Å². The summed E-state index contributed by atoms with van der Waals surface area (Å²) in [5, 5.41) is 3.03. The van der Waals surface area contributed by atoms with E-state index in [4.69, 9.17) is 0 Å². The monoisotopic (exact) mass is 302 g/mol. The van der Waals surface area contributed by atoms with Crippen LogP contribution in [0.25, 0.3) is 0 Å². The van der Waals surface area contributed by atoms with Crippen LogP contribution in [0.4, 0.5) is 4.79 Å². The quantitative estimate of drug-likeness (QED) is 0.930. The molecule has 120 valence electrons. The van der Waals surface area contributed by atoms with Crippen LogP contribution in [0.15, 0.2) is 24.4 Å². The zero-order chi connectivity index (χ0) is 15.4. The summed E-state index contributed by atoms with van der Waals surface area (Å²) in [6.45, 7) is 3.72. The molecule has 0 spiro atoms. The van der Waals surface area contributed by atoms with Gasteiger partial charge in [0.2, 0.25) is 0 Å². The van der Waals surface area contributed by atoms with E-state index >= 15 is 0 Å². The maximum Gasteiger partial charge on any atom is 0.317 e. The van der Waals surface area contributed by atoms with Gasteiger partial charge in [0, 0.05) is 18.8 Å². The van der Waals surface area contributed by atoms with Crippen molar-refractivity contribution in [3.8, 4) is 0 Å². The Balaban J connectivity index is 1.54. The highest BCUT2D eigenvalue weighted by Gasteiger charge is 2.35. The summed E-state index contributed by atoms with van der Waals surface area (Å²) >= 11 is 0. The number of nitrogens with one attached hydrogen (secondary N) is 1. The van der Waals surface area contributed by atoms with Gasteiger partial charge in [-0.2, -0.15) is 0 Å². The number of likely N-dealkylation sites (tertiary alicyclic amines) is 2. The Labute approximate surface area is 132 Å². The maximum atomic E-state index is 12.5. The number of rotatable bonds is 3. The third-order valence-corrected chi connectivity index (χ3v) is 5.01. The van der Waals surface area contributed by atoms with Gasteiger partial charge < -0.3 is 15.1 Å². The van der Waals surface area contributed by atoms with Crippen LogP contribution in [-0.4, -0.2) is 53.5 Å². The summed E-state index contributed by atoms with van der Waals surface area (Å²) in [6, 6.07) is 6.29. The molecule has 2 amide bonds. The molecule has 1 atom stereocenters. The Bertz CT molecular complexity index is 485. The Hall–Kier alpha value is -1.62. The number of carbonyl (C=O) groups excluding carboxylic acids is 1. The van der Waals surface area contributed by atoms with Gasteiger partial charge in [-0.3, -0.25) is 4.98 Å². The van der Waals surface area contributed by atoms with Crippen molar-refractivity contribution in [2.75, 3.05) is 26.7 Å². The van der Waals surface area contributed by atoms with E-state index < -0.39 is 0 Å². The first-order chi connectivity index (χ1) is 10.7. The molecule has 0 saturated carbocycles. The third kappa shape index (κ3) is 3.58. The van der Waals surface area contributed by atoms with Gasteiger partial charge in [0.25, 0.3) is 0 Å². The fraction of sp³-hybridized carbons (Fsp3) is 0.647. The topological polar surface area (TPSA) is 48.5 Å². The van der Waals surface area contributed by atoms with Crippen LogP contribution in [0.3, 0.4) is 0 Å². The Morgan fingerprint density at radius 3 is 2.82 bits per heavy atom. The first-order valence-electron chi connectivity index (χ1n) is 8.37. The van der Waals surface area contributed by atoms with Gasteiger partial charge in [0.1, 0.15) is 0 Å². The van der Waals surface area contributed by atoms with Gasteiger partial charge in [-0.15, -0.1) is 0 Å². The van der Waals surface area contributed by atoms with E-state index in [0.29, 0.717) is 18.5 Å². The van der Waals surface area contributed by atoms with E-state index in [2.05, 4.69) is 27.1 Å². The van der Waals surface area contributed by atoms with Gasteiger partial charge in [-0.25, -0.2) is 4.79 Å². The molecule has 2 aliphatic rings. The predicted molar refractivity (Wildman–Crippen MR) is 86.4 cm³/mol. The molecule has 22 heavy (non-hydrogen) atoms. The van der Waals surface area contributed by atoms with E-state index in [1.807, 2.05) is 18.2 Å². The van der Waals surface area contributed by atoms with Gasteiger partial charge in [-0.05, 0) is 63.9 Å². The number of urea groups is 1. The number of nitrogens with zero attached hydrogens (tertiary/aromatic N) is 3. The maximum absolute atomic E-state index is 12.5. The number of aromatic nitrogens is 1. The molecule has 3 heterocycles. The SMILES string of the molecule is CN1CCC(C2CCCN2C(=O)NCc2ccccn2)CC1. The van der Waals surface area contributed by atoms with Crippen LogP contribution in [-0.2, 0) is 6.54 Å². The molecule has 1 aromatic heterocycles. The van der Waals surface area contributed by atoms with E-state index in [9.17, 15) is 4.79 Å². The molecule has 2 aliphatic heterocycles. The summed E-state index contributed by atoms with van der Waals surface area (Å²) in [7, 11) is 2.18. The highest BCUT2D eigenvalue weighted by Crippen LogP contribution is 2.30. The number of pyridine rings is 1. The second-order valence-corrected chi connectivity index (χ2v) is 6.52. The summed E-state index contributed by atoms with van der Waals surface area (Å²) < 4.78 is 0. The molecule has 3 rings (SSSR count). The number of carbonyl (C=O) groups is 1. The smallest absolute Gasteiger partial charge is 0.317 e. The lowest BCUT2D eigenvalue weighted by Gasteiger charge is -2.36. The summed E-state index contributed by atoms with van der Waals surface area (Å²) in [4.78, 5) is 21.2. The van der Waals surface area contributed by atoms with Crippen LogP contribution in [0.1, 0.15) is 31.4 Å². The summed E-state index contributed by atoms with van der Waals surface area (Å²) in [5.74, 6) is 0.666. The number of hydrogen-bond donors (Lipinski definition) is 1. The first-order valence-corrected chi connectivity index (χ1v) is 8.37. The second-order valence-electron chi connectivity index (χ2n) is 6.52. The molecule has 0 radical (unpaired) electrons. The van der Waals surface area contributed by atoms with Crippen molar-refractivity contribution in [2.24, 2.45) is 5.92 Å². The summed E-state index contributed by atoms with van der Waals surface area (Å²) in [6.07, 6.45) is 6.48. The lowest BCUT2D eigenvalue weighted by molar-refractivity contribution is 0.132. The van der Waals surface area contributed by atoms with Gasteiger partial charge in [-0.1, -0.05) is 6.07 Å². The number of hydrogen-bond acceptors (Lipinski definition) is 3. The van der Waals surface area contributed by atoms with Crippen LogP contribution >= 0.6 is 0 Å². The van der Waals surface area contributed by atoms with Crippen molar-refractivity contribution in [2.45, 2.75) is 38.3 Å². The molecule has 2 saturated heterocycles. The van der Waals surface area contributed by atoms with Crippen molar-refractivity contribution < 1.29 is 4.79 Å². The number of amides is 2. The van der Waals surface area contributed by atoms with Crippen molar-refractivity contribution in [1.29, 1.82) is 0 Å². The van der Waals surface area contributed by atoms with Crippen LogP contribution in [0.5, 0.6) is 0 Å². The van der Waals surface area contributed by atoms with Crippen molar-refractivity contribution in [3.05, 3.63) is 30.1 Å². The zero-order valence-corrected chi connectivity index (χ0v) is 13.4. The molecule has 5 nitrogen and oxygen atoms in total. The largest absolute Gasteiger partial charge is 0.332 e. The minimum atomic E-state index is 0.0760. The van der Waals surface area contributed by atoms with Crippen LogP contribution in [0, 0.1) is 5.92 Å². The van der Waals surface area contributed by atoms with Gasteiger partial charge >= 0.3 is 6.03 Å². The van der Waals surface area contributed by atoms with Crippen molar-refractivity contribution >= 4 is 6.03 Å². The highest BCUT2D eigenvalue weighted by atomic mass is 16.2. The normalized spacial score (nSPS) is 23.7. The standard InChI is InChI=1S/C17H26N4O/c1-20-11-7-14(8-12-20)16-6-4-10-21(16)17(22)19-13-15-5-2-3-9-18-15/h2-3,5,9,14,16H,4,6-8,10-13H2,1H3,(H,19,22). The molecule has 0 aromatic carbocycles. The zero-order valence-electron chi connectivity index (χ0n) is 13.4. The highest BCUT2D eigenvalue weighted by molar-refractivity contribution is 5.74. The fourth-order valence-electron chi connectivity index (χ4n) is 3.72. The second kappa shape index (κ2) is 7.09. The fourth-order valence-corrected chi connectivity index (χ4v) is 3.72. The lowest BCUT2D eigenvalue weighted by atomic mass is 9.88. The van der Waals surface area contributed by atoms with E-state index in [1.165, 1.54) is 12.8 Å². The average molecular weight is 302 g/mol. The molecule has 1 unspecified atom stereocenters. The molecule has 0 bridgehead atoms. The molecule has 1 aromatic rings.